The van der Waals surface area contributed by atoms with Gasteiger partial charge in [0.15, 0.2) is 11.5 Å². The lowest BCUT2D eigenvalue weighted by Gasteiger charge is -2.39. The molecule has 126 valence electrons. The molecule has 4 heterocycles. The number of amides is 1. The molecule has 1 amide bonds. The van der Waals surface area contributed by atoms with Crippen molar-refractivity contribution in [2.45, 2.75) is 32.7 Å². The minimum atomic E-state index is -0.00492. The van der Waals surface area contributed by atoms with Crippen molar-refractivity contribution in [2.75, 3.05) is 6.54 Å². The summed E-state index contributed by atoms with van der Waals surface area (Å²) in [6.45, 7) is 4.73. The van der Waals surface area contributed by atoms with Gasteiger partial charge in [0.1, 0.15) is 6.33 Å². The van der Waals surface area contributed by atoms with Crippen LogP contribution in [0.5, 0.6) is 0 Å². The summed E-state index contributed by atoms with van der Waals surface area (Å²) in [6, 6.07) is 5.94. The number of aromatic nitrogens is 4. The number of aryl methyl sites for hydroxylation is 2. The van der Waals surface area contributed by atoms with Crippen molar-refractivity contribution in [3.8, 4) is 17.3 Å². The second kappa shape index (κ2) is 5.02. The van der Waals surface area contributed by atoms with Crippen molar-refractivity contribution < 1.29 is 9.32 Å². The Balaban J connectivity index is 1.75. The third kappa shape index (κ3) is 1.92. The van der Waals surface area contributed by atoms with E-state index in [2.05, 4.69) is 15.1 Å². The van der Waals surface area contributed by atoms with E-state index in [0.717, 1.165) is 29.9 Å². The van der Waals surface area contributed by atoms with Crippen molar-refractivity contribution in [1.82, 2.24) is 24.6 Å². The molecule has 7 nitrogen and oxygen atoms in total. The zero-order valence-corrected chi connectivity index (χ0v) is 14.1. The molecule has 1 atom stereocenters. The Morgan fingerprint density at radius 3 is 2.96 bits per heavy atom. The molecule has 25 heavy (non-hydrogen) atoms. The van der Waals surface area contributed by atoms with Crippen LogP contribution in [0.4, 0.5) is 0 Å². The van der Waals surface area contributed by atoms with Gasteiger partial charge < -0.3 is 9.42 Å². The predicted octanol–water partition coefficient (Wildman–Crippen LogP) is 2.69. The number of fused-ring (bicyclic) bond motifs is 5. The number of rotatable bonds is 2. The first-order valence-electron chi connectivity index (χ1n) is 8.49. The van der Waals surface area contributed by atoms with Gasteiger partial charge in [-0.05, 0) is 25.5 Å². The zero-order valence-electron chi connectivity index (χ0n) is 14.1. The highest BCUT2D eigenvalue weighted by Gasteiger charge is 2.42. The average Bonchev–Trinajstić information content (AvgIpc) is 3.19. The number of imidazole rings is 1. The molecule has 1 aromatic carbocycles. The highest BCUT2D eigenvalue weighted by Crippen LogP contribution is 2.43. The lowest BCUT2D eigenvalue weighted by molar-refractivity contribution is 0.0461. The minimum Gasteiger partial charge on any atom is -0.332 e. The number of benzene rings is 1. The number of nitrogens with zero attached hydrogens (tertiary/aromatic N) is 5. The van der Waals surface area contributed by atoms with Gasteiger partial charge in [0, 0.05) is 13.0 Å². The van der Waals surface area contributed by atoms with E-state index >= 15 is 0 Å². The first kappa shape index (κ1) is 14.4. The van der Waals surface area contributed by atoms with E-state index in [9.17, 15) is 4.79 Å². The van der Waals surface area contributed by atoms with Gasteiger partial charge in [-0.3, -0.25) is 9.36 Å². The maximum atomic E-state index is 13.0. The van der Waals surface area contributed by atoms with Gasteiger partial charge in [-0.2, -0.15) is 4.98 Å². The summed E-state index contributed by atoms with van der Waals surface area (Å²) in [5.74, 6) is 1.15. The highest BCUT2D eigenvalue weighted by atomic mass is 16.5. The Kier molecular flexibility index (Phi) is 2.89. The molecule has 0 spiro atoms. The van der Waals surface area contributed by atoms with Crippen LogP contribution in [-0.2, 0) is 6.42 Å². The van der Waals surface area contributed by atoms with Gasteiger partial charge in [0.2, 0.25) is 0 Å². The van der Waals surface area contributed by atoms with E-state index in [0.29, 0.717) is 29.4 Å². The van der Waals surface area contributed by atoms with E-state index < -0.39 is 0 Å². The molecule has 0 unspecified atom stereocenters. The molecule has 2 aromatic heterocycles. The van der Waals surface area contributed by atoms with Crippen LogP contribution in [0.25, 0.3) is 17.3 Å². The minimum absolute atomic E-state index is 0.00492. The van der Waals surface area contributed by atoms with Crippen molar-refractivity contribution in [3.05, 3.63) is 47.2 Å². The second-order valence-corrected chi connectivity index (χ2v) is 6.54. The fraction of sp³-hybridized carbons (Fsp3) is 0.333. The maximum absolute atomic E-state index is 13.0. The Bertz CT molecular complexity index is 1000. The molecular formula is C18H17N5O2. The van der Waals surface area contributed by atoms with Crippen molar-refractivity contribution >= 4 is 5.91 Å². The Hall–Kier alpha value is -2.96. The molecule has 0 N–H and O–H groups in total. The molecule has 0 radical (unpaired) electrons. The first-order chi connectivity index (χ1) is 12.2. The summed E-state index contributed by atoms with van der Waals surface area (Å²) in [7, 11) is 0. The van der Waals surface area contributed by atoms with Crippen LogP contribution in [0.3, 0.4) is 0 Å². The molecule has 1 fully saturated rings. The normalized spacial score (nSPS) is 18.2. The van der Waals surface area contributed by atoms with E-state index in [-0.39, 0.29) is 11.9 Å². The lowest BCUT2D eigenvalue weighted by Crippen LogP contribution is -2.44. The fourth-order valence-corrected chi connectivity index (χ4v) is 3.63. The third-order valence-corrected chi connectivity index (χ3v) is 5.03. The quantitative estimate of drug-likeness (QED) is 0.719. The molecule has 3 aromatic rings. The van der Waals surface area contributed by atoms with Gasteiger partial charge in [-0.25, -0.2) is 4.98 Å². The maximum Gasteiger partial charge on any atom is 0.278 e. The first-order valence-corrected chi connectivity index (χ1v) is 8.49. The van der Waals surface area contributed by atoms with E-state index in [1.54, 1.807) is 6.33 Å². The molecule has 5 rings (SSSR count). The van der Waals surface area contributed by atoms with Crippen LogP contribution in [-0.4, -0.2) is 37.0 Å². The SMILES string of the molecule is CCc1noc(-c2ncn3c2[C@@H]2CCN2C(=O)c2cc(C)ccc2-3)n1. The molecule has 0 saturated carbocycles. The van der Waals surface area contributed by atoms with Crippen LogP contribution in [0, 0.1) is 6.92 Å². The van der Waals surface area contributed by atoms with Crippen molar-refractivity contribution in [3.63, 3.8) is 0 Å². The molecule has 2 aliphatic rings. The summed E-state index contributed by atoms with van der Waals surface area (Å²) in [4.78, 5) is 23.8. The average molecular weight is 335 g/mol. The molecule has 0 aliphatic carbocycles. The topological polar surface area (TPSA) is 77.0 Å². The number of hydrogen-bond donors (Lipinski definition) is 0. The number of hydrogen-bond acceptors (Lipinski definition) is 5. The highest BCUT2D eigenvalue weighted by molar-refractivity contribution is 5.99. The van der Waals surface area contributed by atoms with Gasteiger partial charge in [0.05, 0.1) is 23.0 Å². The Morgan fingerprint density at radius 2 is 2.24 bits per heavy atom. The van der Waals surface area contributed by atoms with Crippen LogP contribution in [0.2, 0.25) is 0 Å². The van der Waals surface area contributed by atoms with Crippen molar-refractivity contribution in [2.24, 2.45) is 0 Å². The summed E-state index contributed by atoms with van der Waals surface area (Å²) < 4.78 is 7.41. The van der Waals surface area contributed by atoms with Gasteiger partial charge >= 0.3 is 0 Å². The van der Waals surface area contributed by atoms with Crippen molar-refractivity contribution in [1.29, 1.82) is 0 Å². The summed E-state index contributed by atoms with van der Waals surface area (Å²) in [6.07, 6.45) is 3.37. The standard InChI is InChI=1S/C18H17N5O2/c1-3-14-20-17(25-21-14)15-16-13-6-7-22(13)18(24)11-8-10(2)4-5-12(11)23(16)9-19-15/h4-5,8-9,13H,3,6-7H2,1-2H3/t13-/m0/s1. The van der Waals surface area contributed by atoms with Crippen LogP contribution < -0.4 is 0 Å². The Morgan fingerprint density at radius 1 is 1.36 bits per heavy atom. The van der Waals surface area contributed by atoms with Gasteiger partial charge in [-0.1, -0.05) is 23.7 Å². The second-order valence-electron chi connectivity index (χ2n) is 6.54. The molecular weight excluding hydrogens is 318 g/mol. The van der Waals surface area contributed by atoms with Crippen LogP contribution in [0.1, 0.15) is 46.8 Å². The lowest BCUT2D eigenvalue weighted by atomic mass is 9.97. The van der Waals surface area contributed by atoms with E-state index in [4.69, 9.17) is 4.52 Å². The summed E-state index contributed by atoms with van der Waals surface area (Å²) in [5.41, 5.74) is 4.26. The fourth-order valence-electron chi connectivity index (χ4n) is 3.63. The molecule has 7 heteroatoms. The largest absolute Gasteiger partial charge is 0.332 e. The third-order valence-electron chi connectivity index (χ3n) is 5.03. The van der Waals surface area contributed by atoms with E-state index in [1.165, 1.54) is 0 Å². The summed E-state index contributed by atoms with van der Waals surface area (Å²) >= 11 is 0. The smallest absolute Gasteiger partial charge is 0.278 e. The number of carbonyl (C=O) groups is 1. The molecule has 2 aliphatic heterocycles. The van der Waals surface area contributed by atoms with Gasteiger partial charge in [-0.15, -0.1) is 0 Å². The van der Waals surface area contributed by atoms with Gasteiger partial charge in [0.25, 0.3) is 11.8 Å². The van der Waals surface area contributed by atoms with Crippen LogP contribution >= 0.6 is 0 Å². The number of carbonyl (C=O) groups excluding carboxylic acids is 1. The monoisotopic (exact) mass is 335 g/mol. The molecule has 1 saturated heterocycles. The molecule has 0 bridgehead atoms. The predicted molar refractivity (Wildman–Crippen MR) is 89.4 cm³/mol. The zero-order chi connectivity index (χ0) is 17.1. The van der Waals surface area contributed by atoms with Crippen LogP contribution in [0.15, 0.2) is 29.0 Å². The van der Waals surface area contributed by atoms with E-state index in [1.807, 2.05) is 41.5 Å². The summed E-state index contributed by atoms with van der Waals surface area (Å²) in [5, 5.41) is 3.98. The Labute approximate surface area is 144 Å².